The van der Waals surface area contributed by atoms with E-state index < -0.39 is 9.84 Å². The summed E-state index contributed by atoms with van der Waals surface area (Å²) in [5.41, 5.74) is 0.906. The van der Waals surface area contributed by atoms with Gasteiger partial charge in [0.05, 0.1) is 17.3 Å². The molecule has 1 saturated heterocycles. The summed E-state index contributed by atoms with van der Waals surface area (Å²) >= 11 is 0. The van der Waals surface area contributed by atoms with E-state index in [0.717, 1.165) is 31.4 Å². The fourth-order valence-electron chi connectivity index (χ4n) is 2.10. The summed E-state index contributed by atoms with van der Waals surface area (Å²) in [5.74, 6) is -0.00225. The van der Waals surface area contributed by atoms with Gasteiger partial charge in [-0.05, 0) is 38.3 Å². The van der Waals surface area contributed by atoms with Crippen LogP contribution in [0.3, 0.4) is 0 Å². The third-order valence-electron chi connectivity index (χ3n) is 3.39. The number of sulfone groups is 1. The Bertz CT molecular complexity index is 557. The Hall–Kier alpha value is -1.17. The highest BCUT2D eigenvalue weighted by Gasteiger charge is 2.15. The summed E-state index contributed by atoms with van der Waals surface area (Å²) < 4.78 is 35.4. The molecule has 0 N–H and O–H groups in total. The van der Waals surface area contributed by atoms with E-state index in [1.807, 2.05) is 6.92 Å². The summed E-state index contributed by atoms with van der Waals surface area (Å²) in [7, 11) is -3.26. The van der Waals surface area contributed by atoms with Gasteiger partial charge in [0, 0.05) is 6.61 Å². The van der Waals surface area contributed by atoms with E-state index in [9.17, 15) is 8.42 Å². The van der Waals surface area contributed by atoms with Crippen molar-refractivity contribution in [2.75, 3.05) is 19.0 Å². The molecule has 1 heterocycles. The van der Waals surface area contributed by atoms with Crippen LogP contribution < -0.4 is 0 Å². The van der Waals surface area contributed by atoms with Crippen LogP contribution in [0.25, 0.3) is 0 Å². The monoisotopic (exact) mass is 310 g/mol. The molecule has 1 fully saturated rings. The van der Waals surface area contributed by atoms with Crippen molar-refractivity contribution < 1.29 is 17.9 Å². The molecule has 116 valence electrons. The van der Waals surface area contributed by atoms with Gasteiger partial charge in [0.25, 0.3) is 0 Å². The number of hydrogen-bond acceptors (Lipinski definition) is 4. The Morgan fingerprint density at radius 1 is 1.33 bits per heavy atom. The van der Waals surface area contributed by atoms with Crippen LogP contribution in [0, 0.1) is 0 Å². The molecule has 0 aromatic heterocycles. The summed E-state index contributed by atoms with van der Waals surface area (Å²) in [6, 6.07) is 8.49. The van der Waals surface area contributed by atoms with Crippen molar-refractivity contribution in [3.63, 3.8) is 0 Å². The van der Waals surface area contributed by atoms with Crippen molar-refractivity contribution in [1.29, 1.82) is 0 Å². The van der Waals surface area contributed by atoms with E-state index in [2.05, 4.69) is 0 Å². The van der Waals surface area contributed by atoms with Gasteiger partial charge < -0.3 is 9.47 Å². The van der Waals surface area contributed by atoms with Crippen molar-refractivity contribution in [3.05, 3.63) is 42.0 Å². The summed E-state index contributed by atoms with van der Waals surface area (Å²) in [6.45, 7) is 3.04. The highest BCUT2D eigenvalue weighted by molar-refractivity contribution is 7.91. The molecule has 1 unspecified atom stereocenters. The second-order valence-corrected chi connectivity index (χ2v) is 7.29. The Morgan fingerprint density at radius 2 is 2.10 bits per heavy atom. The Kier molecular flexibility index (Phi) is 5.96. The van der Waals surface area contributed by atoms with Crippen molar-refractivity contribution in [2.24, 2.45) is 0 Å². The third-order valence-corrected chi connectivity index (χ3v) is 4.98. The van der Waals surface area contributed by atoms with Gasteiger partial charge in [0.2, 0.25) is 0 Å². The fraction of sp³-hybridized carbons (Fsp3) is 0.500. The number of hydrogen-bond donors (Lipinski definition) is 0. The SMILES string of the molecule is C/C(=C\CS(=O)(=O)c1ccccc1)COC1CCCCO1. The maximum absolute atomic E-state index is 12.1. The molecular weight excluding hydrogens is 288 g/mol. The molecular formula is C16H22O4S. The zero-order valence-corrected chi connectivity index (χ0v) is 13.1. The average molecular weight is 310 g/mol. The first kappa shape index (κ1) is 16.2. The zero-order valence-electron chi connectivity index (χ0n) is 12.3. The maximum atomic E-state index is 12.1. The molecule has 0 amide bonds. The maximum Gasteiger partial charge on any atom is 0.181 e. The molecule has 1 aromatic rings. The van der Waals surface area contributed by atoms with E-state index in [-0.39, 0.29) is 12.0 Å². The Balaban J connectivity index is 1.85. The fourth-order valence-corrected chi connectivity index (χ4v) is 3.37. The van der Waals surface area contributed by atoms with E-state index in [0.29, 0.717) is 11.5 Å². The highest BCUT2D eigenvalue weighted by atomic mass is 32.2. The van der Waals surface area contributed by atoms with Crippen molar-refractivity contribution >= 4 is 9.84 Å². The van der Waals surface area contributed by atoms with Gasteiger partial charge >= 0.3 is 0 Å². The molecule has 21 heavy (non-hydrogen) atoms. The van der Waals surface area contributed by atoms with Gasteiger partial charge in [0.1, 0.15) is 0 Å². The first-order chi connectivity index (χ1) is 10.1. The van der Waals surface area contributed by atoms with Gasteiger partial charge in [0.15, 0.2) is 16.1 Å². The average Bonchev–Trinajstić information content (AvgIpc) is 2.53. The van der Waals surface area contributed by atoms with Crippen LogP contribution in [-0.2, 0) is 19.3 Å². The van der Waals surface area contributed by atoms with Gasteiger partial charge in [-0.3, -0.25) is 0 Å². The van der Waals surface area contributed by atoms with Crippen LogP contribution in [0.1, 0.15) is 26.2 Å². The van der Waals surface area contributed by atoms with Gasteiger partial charge in [-0.25, -0.2) is 8.42 Å². The highest BCUT2D eigenvalue weighted by Crippen LogP contribution is 2.15. The van der Waals surface area contributed by atoms with Crippen LogP contribution in [-0.4, -0.2) is 33.7 Å². The van der Waals surface area contributed by atoms with Gasteiger partial charge in [-0.15, -0.1) is 0 Å². The minimum atomic E-state index is -3.26. The number of rotatable bonds is 6. The lowest BCUT2D eigenvalue weighted by atomic mass is 10.2. The van der Waals surface area contributed by atoms with E-state index in [4.69, 9.17) is 9.47 Å². The lowest BCUT2D eigenvalue weighted by Gasteiger charge is -2.22. The largest absolute Gasteiger partial charge is 0.353 e. The zero-order chi connectivity index (χ0) is 15.1. The quantitative estimate of drug-likeness (QED) is 0.758. The van der Waals surface area contributed by atoms with E-state index in [1.165, 1.54) is 0 Å². The second-order valence-electron chi connectivity index (χ2n) is 5.25. The topological polar surface area (TPSA) is 52.6 Å². The molecule has 0 bridgehead atoms. The lowest BCUT2D eigenvalue weighted by Crippen LogP contribution is -2.23. The molecule has 1 aromatic carbocycles. The molecule has 1 aliphatic heterocycles. The first-order valence-corrected chi connectivity index (χ1v) is 8.90. The first-order valence-electron chi connectivity index (χ1n) is 7.24. The molecule has 2 rings (SSSR count). The van der Waals surface area contributed by atoms with Crippen LogP contribution in [0.15, 0.2) is 46.9 Å². The van der Waals surface area contributed by atoms with Crippen molar-refractivity contribution in [3.8, 4) is 0 Å². The van der Waals surface area contributed by atoms with Gasteiger partial charge in [-0.2, -0.15) is 0 Å². The summed E-state index contributed by atoms with van der Waals surface area (Å²) in [6.07, 6.45) is 4.69. The van der Waals surface area contributed by atoms with Crippen LogP contribution in [0.5, 0.6) is 0 Å². The minimum Gasteiger partial charge on any atom is -0.353 e. The van der Waals surface area contributed by atoms with Crippen LogP contribution in [0.2, 0.25) is 0 Å². The second kappa shape index (κ2) is 7.73. The molecule has 1 aliphatic rings. The van der Waals surface area contributed by atoms with Crippen LogP contribution >= 0.6 is 0 Å². The minimum absolute atomic E-state index is 0.00225. The summed E-state index contributed by atoms with van der Waals surface area (Å²) in [4.78, 5) is 0.352. The number of ether oxygens (including phenoxy) is 2. The molecule has 0 radical (unpaired) electrons. The Morgan fingerprint density at radius 3 is 2.76 bits per heavy atom. The Labute approximate surface area is 126 Å². The van der Waals surface area contributed by atoms with Crippen molar-refractivity contribution in [1.82, 2.24) is 0 Å². The molecule has 1 atom stereocenters. The van der Waals surface area contributed by atoms with Crippen LogP contribution in [0.4, 0.5) is 0 Å². The molecule has 5 heteroatoms. The van der Waals surface area contributed by atoms with Gasteiger partial charge in [-0.1, -0.05) is 29.8 Å². The molecule has 0 saturated carbocycles. The van der Waals surface area contributed by atoms with Crippen molar-refractivity contribution in [2.45, 2.75) is 37.4 Å². The smallest absolute Gasteiger partial charge is 0.181 e. The summed E-state index contributed by atoms with van der Waals surface area (Å²) in [5, 5.41) is 0. The predicted molar refractivity (Wildman–Crippen MR) is 81.8 cm³/mol. The normalized spacial score (nSPS) is 20.4. The molecule has 4 nitrogen and oxygen atoms in total. The molecule has 0 spiro atoms. The van der Waals surface area contributed by atoms with E-state index in [1.54, 1.807) is 36.4 Å². The predicted octanol–water partition coefficient (Wildman–Crippen LogP) is 2.95. The molecule has 0 aliphatic carbocycles. The lowest BCUT2D eigenvalue weighted by molar-refractivity contribution is -0.156. The standard InChI is InChI=1S/C16H22O4S/c1-14(13-20-16-9-5-6-11-19-16)10-12-21(17,18)15-7-3-2-4-8-15/h2-4,7-8,10,16H,5-6,9,11-13H2,1H3/b14-10+. The number of benzene rings is 1. The third kappa shape index (κ3) is 5.26. The van der Waals surface area contributed by atoms with E-state index >= 15 is 0 Å².